The minimum absolute atomic E-state index is 0.0526. The number of aromatic nitrogens is 2. The van der Waals surface area contributed by atoms with Crippen molar-refractivity contribution in [3.63, 3.8) is 0 Å². The summed E-state index contributed by atoms with van der Waals surface area (Å²) in [6.07, 6.45) is 2.31. The molecule has 1 aromatic carbocycles. The maximum atomic E-state index is 11.7. The Balaban J connectivity index is 2.10. The van der Waals surface area contributed by atoms with Gasteiger partial charge in [0, 0.05) is 10.5 Å². The standard InChI is InChI=1S/C14H16BrN3O2/c1-3-9(2)18-13(19)7-20-14-11-6-10(15)4-5-12(11)16-8-17-14/h4-6,8-9H,3,7H2,1-2H3,(H,18,19)/t9-/m0/s1. The van der Waals surface area contributed by atoms with Crippen molar-refractivity contribution in [2.75, 3.05) is 6.61 Å². The molecule has 0 bridgehead atoms. The van der Waals surface area contributed by atoms with Gasteiger partial charge in [0.2, 0.25) is 5.88 Å². The van der Waals surface area contributed by atoms with Crippen LogP contribution in [0.5, 0.6) is 5.88 Å². The van der Waals surface area contributed by atoms with Gasteiger partial charge in [-0.25, -0.2) is 9.97 Å². The number of carbonyl (C=O) groups excluding carboxylic acids is 1. The van der Waals surface area contributed by atoms with Gasteiger partial charge in [-0.2, -0.15) is 0 Å². The van der Waals surface area contributed by atoms with Crippen LogP contribution in [0.2, 0.25) is 0 Å². The van der Waals surface area contributed by atoms with Gasteiger partial charge in [-0.05, 0) is 31.5 Å². The predicted octanol–water partition coefficient (Wildman–Crippen LogP) is 2.69. The Bertz CT molecular complexity index is 618. The molecule has 1 aromatic heterocycles. The van der Waals surface area contributed by atoms with Crippen LogP contribution in [0, 0.1) is 0 Å². The number of amides is 1. The highest BCUT2D eigenvalue weighted by Gasteiger charge is 2.09. The molecule has 2 rings (SSSR count). The van der Waals surface area contributed by atoms with Crippen molar-refractivity contribution >= 4 is 32.7 Å². The monoisotopic (exact) mass is 337 g/mol. The first-order valence-corrected chi connectivity index (χ1v) is 7.22. The lowest BCUT2D eigenvalue weighted by Gasteiger charge is -2.12. The summed E-state index contributed by atoms with van der Waals surface area (Å²) in [5.41, 5.74) is 0.778. The molecule has 0 aliphatic rings. The van der Waals surface area contributed by atoms with Gasteiger partial charge in [-0.1, -0.05) is 22.9 Å². The van der Waals surface area contributed by atoms with E-state index in [0.717, 1.165) is 21.8 Å². The zero-order valence-electron chi connectivity index (χ0n) is 11.4. The molecule has 1 amide bonds. The van der Waals surface area contributed by atoms with E-state index in [2.05, 4.69) is 31.2 Å². The molecule has 0 aliphatic heterocycles. The maximum Gasteiger partial charge on any atom is 0.258 e. The molecular weight excluding hydrogens is 322 g/mol. The molecule has 0 saturated carbocycles. The maximum absolute atomic E-state index is 11.7. The third-order valence-corrected chi connectivity index (χ3v) is 3.41. The number of hydrogen-bond acceptors (Lipinski definition) is 4. The molecule has 0 aliphatic carbocycles. The van der Waals surface area contributed by atoms with Gasteiger partial charge in [-0.3, -0.25) is 4.79 Å². The lowest BCUT2D eigenvalue weighted by molar-refractivity contribution is -0.123. The first kappa shape index (κ1) is 14.7. The number of nitrogens with one attached hydrogen (secondary N) is 1. The third kappa shape index (κ3) is 3.66. The SMILES string of the molecule is CC[C@H](C)NC(=O)COc1ncnc2ccc(Br)cc12. The molecule has 0 saturated heterocycles. The molecule has 0 spiro atoms. The Kier molecular flexibility index (Phi) is 4.89. The van der Waals surface area contributed by atoms with Crippen LogP contribution in [0.25, 0.3) is 10.9 Å². The summed E-state index contributed by atoms with van der Waals surface area (Å²) < 4.78 is 6.41. The summed E-state index contributed by atoms with van der Waals surface area (Å²) in [5.74, 6) is 0.261. The number of ether oxygens (including phenoxy) is 1. The summed E-state index contributed by atoms with van der Waals surface area (Å²) in [4.78, 5) is 19.9. The fourth-order valence-corrected chi connectivity index (χ4v) is 2.03. The molecule has 1 N–H and O–H groups in total. The van der Waals surface area contributed by atoms with Gasteiger partial charge < -0.3 is 10.1 Å². The fourth-order valence-electron chi connectivity index (χ4n) is 1.67. The topological polar surface area (TPSA) is 64.1 Å². The summed E-state index contributed by atoms with van der Waals surface area (Å²) in [5, 5.41) is 3.62. The van der Waals surface area contributed by atoms with Crippen LogP contribution in [0.4, 0.5) is 0 Å². The van der Waals surface area contributed by atoms with Crippen LogP contribution < -0.4 is 10.1 Å². The molecule has 2 aromatic rings. The van der Waals surface area contributed by atoms with Gasteiger partial charge >= 0.3 is 0 Å². The average molecular weight is 338 g/mol. The van der Waals surface area contributed by atoms with Gasteiger partial charge in [-0.15, -0.1) is 0 Å². The first-order valence-electron chi connectivity index (χ1n) is 6.42. The van der Waals surface area contributed by atoms with Crippen LogP contribution in [-0.2, 0) is 4.79 Å². The molecular formula is C14H16BrN3O2. The van der Waals surface area contributed by atoms with E-state index in [9.17, 15) is 4.79 Å². The quantitative estimate of drug-likeness (QED) is 0.910. The highest BCUT2D eigenvalue weighted by Crippen LogP contribution is 2.24. The second kappa shape index (κ2) is 6.65. The molecule has 20 heavy (non-hydrogen) atoms. The Labute approximate surface area is 125 Å². The molecule has 6 heteroatoms. The van der Waals surface area contributed by atoms with E-state index in [1.807, 2.05) is 32.0 Å². The normalized spacial score (nSPS) is 12.2. The molecule has 0 fully saturated rings. The first-order chi connectivity index (χ1) is 9.60. The minimum atomic E-state index is -0.152. The number of nitrogens with zero attached hydrogens (tertiary/aromatic N) is 2. The minimum Gasteiger partial charge on any atom is -0.467 e. The predicted molar refractivity (Wildman–Crippen MR) is 80.6 cm³/mol. The van der Waals surface area contributed by atoms with E-state index in [1.165, 1.54) is 6.33 Å². The van der Waals surface area contributed by atoms with Gasteiger partial charge in [0.1, 0.15) is 6.33 Å². The van der Waals surface area contributed by atoms with Crippen LogP contribution in [0.15, 0.2) is 29.0 Å². The zero-order valence-corrected chi connectivity index (χ0v) is 13.0. The van der Waals surface area contributed by atoms with Crippen LogP contribution in [0.1, 0.15) is 20.3 Å². The highest BCUT2D eigenvalue weighted by molar-refractivity contribution is 9.10. The van der Waals surface area contributed by atoms with Crippen LogP contribution >= 0.6 is 15.9 Å². The van der Waals surface area contributed by atoms with E-state index in [-0.39, 0.29) is 18.6 Å². The van der Waals surface area contributed by atoms with E-state index in [4.69, 9.17) is 4.74 Å². The summed E-state index contributed by atoms with van der Waals surface area (Å²) >= 11 is 3.40. The third-order valence-electron chi connectivity index (χ3n) is 2.92. The number of halogens is 1. The van der Waals surface area contributed by atoms with E-state index in [0.29, 0.717) is 5.88 Å². The largest absolute Gasteiger partial charge is 0.467 e. The van der Waals surface area contributed by atoms with E-state index >= 15 is 0 Å². The number of benzene rings is 1. The van der Waals surface area contributed by atoms with E-state index < -0.39 is 0 Å². The molecule has 5 nitrogen and oxygen atoms in total. The summed E-state index contributed by atoms with van der Waals surface area (Å²) in [6.45, 7) is 3.92. The Morgan fingerprint density at radius 1 is 1.45 bits per heavy atom. The Morgan fingerprint density at radius 3 is 3.00 bits per heavy atom. The lowest BCUT2D eigenvalue weighted by atomic mass is 10.2. The zero-order chi connectivity index (χ0) is 14.5. The highest BCUT2D eigenvalue weighted by atomic mass is 79.9. The molecule has 106 valence electrons. The van der Waals surface area contributed by atoms with Crippen LogP contribution in [-0.4, -0.2) is 28.5 Å². The van der Waals surface area contributed by atoms with Gasteiger partial charge in [0.25, 0.3) is 5.91 Å². The number of fused-ring (bicyclic) bond motifs is 1. The Morgan fingerprint density at radius 2 is 2.25 bits per heavy atom. The van der Waals surface area contributed by atoms with Crippen molar-refractivity contribution in [1.82, 2.24) is 15.3 Å². The molecule has 1 atom stereocenters. The van der Waals surface area contributed by atoms with Gasteiger partial charge in [0.05, 0.1) is 10.9 Å². The number of hydrogen-bond donors (Lipinski definition) is 1. The second-order valence-corrected chi connectivity index (χ2v) is 5.42. The van der Waals surface area contributed by atoms with Crippen molar-refractivity contribution in [1.29, 1.82) is 0 Å². The van der Waals surface area contributed by atoms with E-state index in [1.54, 1.807) is 0 Å². The molecule has 0 unspecified atom stereocenters. The van der Waals surface area contributed by atoms with Gasteiger partial charge in [0.15, 0.2) is 6.61 Å². The van der Waals surface area contributed by atoms with Crippen molar-refractivity contribution in [3.05, 3.63) is 29.0 Å². The number of carbonyl (C=O) groups is 1. The smallest absolute Gasteiger partial charge is 0.258 e. The van der Waals surface area contributed by atoms with Crippen molar-refractivity contribution in [2.45, 2.75) is 26.3 Å². The molecule has 0 radical (unpaired) electrons. The second-order valence-electron chi connectivity index (χ2n) is 4.51. The summed E-state index contributed by atoms with van der Waals surface area (Å²) in [6, 6.07) is 5.78. The molecule has 1 heterocycles. The number of rotatable bonds is 5. The summed E-state index contributed by atoms with van der Waals surface area (Å²) in [7, 11) is 0. The van der Waals surface area contributed by atoms with Crippen molar-refractivity contribution in [3.8, 4) is 5.88 Å². The van der Waals surface area contributed by atoms with Crippen molar-refractivity contribution < 1.29 is 9.53 Å². The fraction of sp³-hybridized carbons (Fsp3) is 0.357. The Hall–Kier alpha value is -1.69. The lowest BCUT2D eigenvalue weighted by Crippen LogP contribution is -2.35. The van der Waals surface area contributed by atoms with Crippen LogP contribution in [0.3, 0.4) is 0 Å². The average Bonchev–Trinajstić information content (AvgIpc) is 2.44. The van der Waals surface area contributed by atoms with Crippen molar-refractivity contribution in [2.24, 2.45) is 0 Å².